The molecular weight excluding hydrogens is 224 g/mol. The molecule has 0 rings (SSSR count). The van der Waals surface area contributed by atoms with Crippen molar-refractivity contribution >= 4 is 0 Å². The molecule has 0 saturated carbocycles. The molecule has 0 amide bonds. The molecule has 3 N–H and O–H groups in total. The molecule has 0 heterocycles. The third-order valence-electron chi connectivity index (χ3n) is 2.56. The van der Waals surface area contributed by atoms with Crippen LogP contribution in [0.1, 0.15) is 34.1 Å². The zero-order valence-corrected chi connectivity index (χ0v) is 11.5. The fourth-order valence-corrected chi connectivity index (χ4v) is 1.00. The molecule has 0 atom stereocenters. The average molecular weight is 252 g/mol. The van der Waals surface area contributed by atoms with Gasteiger partial charge in [-0.25, -0.2) is 0 Å². The minimum absolute atomic E-state index is 0.0370. The second-order valence-electron chi connectivity index (χ2n) is 3.81. The maximum Gasteiger partial charge on any atom is 0.154 e. The Hall–Kier alpha value is -0.200. The Balaban J connectivity index is 0. The van der Waals surface area contributed by atoms with Gasteiger partial charge in [-0.15, -0.1) is 0 Å². The predicted molar refractivity (Wildman–Crippen MR) is 66.7 cm³/mol. The quantitative estimate of drug-likeness (QED) is 0.556. The summed E-state index contributed by atoms with van der Waals surface area (Å²) in [7, 11) is 0. The number of hydrogen-bond acceptors (Lipinski definition) is 5. The Morgan fingerprint density at radius 2 is 1.24 bits per heavy atom. The van der Waals surface area contributed by atoms with E-state index in [1.807, 2.05) is 27.7 Å². The van der Waals surface area contributed by atoms with E-state index in [2.05, 4.69) is 0 Å². The van der Waals surface area contributed by atoms with Crippen LogP contribution in [-0.2, 0) is 9.47 Å². The first-order chi connectivity index (χ1) is 8.05. The van der Waals surface area contributed by atoms with E-state index in [9.17, 15) is 0 Å². The molecule has 0 bridgehead atoms. The maximum absolute atomic E-state index is 8.66. The average Bonchev–Trinajstić information content (AvgIpc) is 2.34. The van der Waals surface area contributed by atoms with Crippen molar-refractivity contribution in [2.24, 2.45) is 5.41 Å². The van der Waals surface area contributed by atoms with Crippen LogP contribution in [-0.4, -0.2) is 54.6 Å². The van der Waals surface area contributed by atoms with E-state index >= 15 is 0 Å². The van der Waals surface area contributed by atoms with E-state index in [1.165, 1.54) is 0 Å². The molecule has 0 unspecified atom stereocenters. The second-order valence-corrected chi connectivity index (χ2v) is 3.81. The molecule has 0 spiro atoms. The van der Waals surface area contributed by atoms with Crippen LogP contribution in [0.3, 0.4) is 0 Å². The highest BCUT2D eigenvalue weighted by Crippen LogP contribution is 2.18. The normalized spacial score (nSPS) is 11.3. The molecule has 0 fully saturated rings. The summed E-state index contributed by atoms with van der Waals surface area (Å²) in [4.78, 5) is 0. The van der Waals surface area contributed by atoms with Crippen molar-refractivity contribution in [3.63, 3.8) is 0 Å². The van der Waals surface area contributed by atoms with Crippen molar-refractivity contribution in [1.29, 1.82) is 0 Å². The summed E-state index contributed by atoms with van der Waals surface area (Å²) in [6.45, 7) is 8.60. The summed E-state index contributed by atoms with van der Waals surface area (Å²) in [6, 6.07) is 0. The Kier molecular flexibility index (Phi) is 13.8. The van der Waals surface area contributed by atoms with E-state index in [4.69, 9.17) is 24.8 Å². The molecule has 0 aromatic carbocycles. The highest BCUT2D eigenvalue weighted by atomic mass is 16.7. The van der Waals surface area contributed by atoms with Gasteiger partial charge in [-0.1, -0.05) is 6.92 Å². The first-order valence-corrected chi connectivity index (χ1v) is 6.11. The molecule has 0 radical (unpaired) electrons. The molecule has 5 nitrogen and oxygen atoms in total. The summed E-state index contributed by atoms with van der Waals surface area (Å²) in [5.74, 6) is 0. The van der Waals surface area contributed by atoms with Crippen LogP contribution < -0.4 is 0 Å². The number of aliphatic hydroxyl groups excluding tert-OH is 3. The van der Waals surface area contributed by atoms with Gasteiger partial charge in [0.25, 0.3) is 0 Å². The van der Waals surface area contributed by atoms with Crippen LogP contribution in [0.25, 0.3) is 0 Å². The summed E-state index contributed by atoms with van der Waals surface area (Å²) in [5, 5.41) is 26.0. The predicted octanol–water partition coefficient (Wildman–Crippen LogP) is 0.765. The summed E-state index contributed by atoms with van der Waals surface area (Å²) < 4.78 is 10.1. The minimum Gasteiger partial charge on any atom is -0.396 e. The summed E-state index contributed by atoms with van der Waals surface area (Å²) in [6.07, 6.45) is 0.557. The SMILES string of the molecule is CCC(CO)(CO)CO.CCOC(C)OCC. The first kappa shape index (κ1) is 19.1. The van der Waals surface area contributed by atoms with Crippen molar-refractivity contribution in [3.8, 4) is 0 Å². The Morgan fingerprint density at radius 1 is 0.882 bits per heavy atom. The Labute approximate surface area is 104 Å². The zero-order chi connectivity index (χ0) is 13.7. The van der Waals surface area contributed by atoms with Crippen molar-refractivity contribution in [2.75, 3.05) is 33.0 Å². The van der Waals surface area contributed by atoms with Crippen LogP contribution in [0.2, 0.25) is 0 Å². The Morgan fingerprint density at radius 3 is 1.35 bits per heavy atom. The smallest absolute Gasteiger partial charge is 0.154 e. The molecule has 0 aromatic rings. The van der Waals surface area contributed by atoms with Gasteiger partial charge in [-0.2, -0.15) is 0 Å². The lowest BCUT2D eigenvalue weighted by Gasteiger charge is -2.24. The number of ether oxygens (including phenoxy) is 2. The monoisotopic (exact) mass is 252 g/mol. The molecule has 0 aliphatic heterocycles. The van der Waals surface area contributed by atoms with Gasteiger partial charge in [0, 0.05) is 18.6 Å². The fraction of sp³-hybridized carbons (Fsp3) is 1.00. The third kappa shape index (κ3) is 9.50. The summed E-state index contributed by atoms with van der Waals surface area (Å²) in [5.41, 5.74) is -0.667. The van der Waals surface area contributed by atoms with Crippen molar-refractivity contribution in [3.05, 3.63) is 0 Å². The van der Waals surface area contributed by atoms with E-state index in [0.717, 1.165) is 13.2 Å². The van der Waals surface area contributed by atoms with Gasteiger partial charge in [0.05, 0.1) is 19.8 Å². The van der Waals surface area contributed by atoms with Gasteiger partial charge in [0.2, 0.25) is 0 Å². The fourth-order valence-electron chi connectivity index (χ4n) is 1.00. The molecule has 0 aromatic heterocycles. The van der Waals surface area contributed by atoms with E-state index in [0.29, 0.717) is 6.42 Å². The van der Waals surface area contributed by atoms with Crippen LogP contribution in [0.4, 0.5) is 0 Å². The first-order valence-electron chi connectivity index (χ1n) is 6.11. The number of rotatable bonds is 8. The highest BCUT2D eigenvalue weighted by Gasteiger charge is 2.24. The van der Waals surface area contributed by atoms with Gasteiger partial charge in [-0.3, -0.25) is 0 Å². The molecule has 0 aliphatic carbocycles. The zero-order valence-electron chi connectivity index (χ0n) is 11.5. The Bertz CT molecular complexity index is 124. The van der Waals surface area contributed by atoms with E-state index in [1.54, 1.807) is 0 Å². The maximum atomic E-state index is 8.66. The molecule has 106 valence electrons. The van der Waals surface area contributed by atoms with E-state index in [-0.39, 0.29) is 26.1 Å². The number of aliphatic hydroxyl groups is 3. The number of hydrogen-bond donors (Lipinski definition) is 3. The van der Waals surface area contributed by atoms with Crippen LogP contribution in [0.15, 0.2) is 0 Å². The molecule has 0 aliphatic rings. The lowest BCUT2D eigenvalue weighted by atomic mass is 9.88. The van der Waals surface area contributed by atoms with Gasteiger partial charge in [-0.05, 0) is 27.2 Å². The third-order valence-corrected chi connectivity index (χ3v) is 2.56. The standard InChI is InChI=1S/C6H14O3.C6H14O2/c1-2-6(3-7,4-8)5-9;1-4-7-6(3)8-5-2/h7-9H,2-5H2,1H3;6H,4-5H2,1-3H3. The van der Waals surface area contributed by atoms with Crippen molar-refractivity contribution < 1.29 is 24.8 Å². The van der Waals surface area contributed by atoms with Gasteiger partial charge in [0.15, 0.2) is 6.29 Å². The summed E-state index contributed by atoms with van der Waals surface area (Å²) >= 11 is 0. The largest absolute Gasteiger partial charge is 0.396 e. The lowest BCUT2D eigenvalue weighted by molar-refractivity contribution is -0.123. The van der Waals surface area contributed by atoms with Gasteiger partial charge in [0.1, 0.15) is 0 Å². The van der Waals surface area contributed by atoms with Gasteiger partial charge >= 0.3 is 0 Å². The van der Waals surface area contributed by atoms with Crippen LogP contribution in [0, 0.1) is 5.41 Å². The molecule has 5 heteroatoms. The van der Waals surface area contributed by atoms with E-state index < -0.39 is 5.41 Å². The lowest BCUT2D eigenvalue weighted by Crippen LogP contribution is -2.32. The molecule has 0 saturated heterocycles. The second kappa shape index (κ2) is 12.3. The minimum atomic E-state index is -0.667. The highest BCUT2D eigenvalue weighted by molar-refractivity contribution is 4.74. The molecule has 17 heavy (non-hydrogen) atoms. The molecular formula is C12H28O5. The van der Waals surface area contributed by atoms with Crippen LogP contribution >= 0.6 is 0 Å². The van der Waals surface area contributed by atoms with Crippen molar-refractivity contribution in [2.45, 2.75) is 40.4 Å². The van der Waals surface area contributed by atoms with Crippen LogP contribution in [0.5, 0.6) is 0 Å². The van der Waals surface area contributed by atoms with Crippen molar-refractivity contribution in [1.82, 2.24) is 0 Å². The topological polar surface area (TPSA) is 79.2 Å². The van der Waals surface area contributed by atoms with Gasteiger partial charge < -0.3 is 24.8 Å².